The van der Waals surface area contributed by atoms with E-state index in [0.717, 1.165) is 16.8 Å². The summed E-state index contributed by atoms with van der Waals surface area (Å²) in [6.07, 6.45) is 1.07. The van der Waals surface area contributed by atoms with Gasteiger partial charge in [-0.15, -0.1) is 0 Å². The van der Waals surface area contributed by atoms with Gasteiger partial charge in [-0.3, -0.25) is 4.79 Å². The molecule has 4 rings (SSSR count). The van der Waals surface area contributed by atoms with Gasteiger partial charge >= 0.3 is 0 Å². The minimum atomic E-state index is -0.603. The van der Waals surface area contributed by atoms with Gasteiger partial charge in [-0.2, -0.15) is 5.26 Å². The van der Waals surface area contributed by atoms with Crippen LogP contribution in [0.1, 0.15) is 49.3 Å². The Labute approximate surface area is 233 Å². The predicted molar refractivity (Wildman–Crippen MR) is 149 cm³/mol. The molecular formula is C30H34BrN3O4. The van der Waals surface area contributed by atoms with Gasteiger partial charge in [0, 0.05) is 31.3 Å². The number of nitrogens with zero attached hydrogens (tertiary/aromatic N) is 2. The molecule has 0 bridgehead atoms. The fourth-order valence-corrected chi connectivity index (χ4v) is 5.81. The summed E-state index contributed by atoms with van der Waals surface area (Å²) < 4.78 is 17.8. The predicted octanol–water partition coefficient (Wildman–Crippen LogP) is 5.73. The van der Waals surface area contributed by atoms with Crippen LogP contribution in [-0.2, 0) is 16.1 Å². The van der Waals surface area contributed by atoms with Crippen LogP contribution in [0, 0.1) is 23.7 Å². The first kappa shape index (κ1) is 27.7. The van der Waals surface area contributed by atoms with Crippen LogP contribution in [-0.4, -0.2) is 38.1 Å². The molecule has 0 fully saturated rings. The molecular weight excluding hydrogens is 546 g/mol. The Morgan fingerprint density at radius 2 is 1.89 bits per heavy atom. The van der Waals surface area contributed by atoms with Crippen molar-refractivity contribution in [3.05, 3.63) is 80.2 Å². The molecule has 0 amide bonds. The topological polar surface area (TPSA) is 97.8 Å². The number of aryl methyl sites for hydroxylation is 1. The Morgan fingerprint density at radius 3 is 2.53 bits per heavy atom. The van der Waals surface area contributed by atoms with Gasteiger partial charge in [0.25, 0.3) is 0 Å². The molecule has 2 N–H and O–H groups in total. The Bertz CT molecular complexity index is 1340. The summed E-state index contributed by atoms with van der Waals surface area (Å²) in [4.78, 5) is 15.5. The van der Waals surface area contributed by atoms with Gasteiger partial charge in [0.1, 0.15) is 12.4 Å². The van der Waals surface area contributed by atoms with E-state index in [2.05, 4.69) is 35.8 Å². The van der Waals surface area contributed by atoms with E-state index in [4.69, 9.17) is 19.9 Å². The zero-order valence-corrected chi connectivity index (χ0v) is 24.1. The average molecular weight is 581 g/mol. The Hall–Kier alpha value is -3.28. The molecule has 0 saturated carbocycles. The molecule has 1 aliphatic carbocycles. The Morgan fingerprint density at radius 1 is 1.18 bits per heavy atom. The number of Topliss-reactive ketones (excluding diaryl/α,β-unsaturated/α-hetero) is 1. The number of carbonyl (C=O) groups is 1. The largest absolute Gasteiger partial charge is 0.493 e. The van der Waals surface area contributed by atoms with E-state index in [1.165, 1.54) is 5.56 Å². The lowest BCUT2D eigenvalue weighted by Crippen LogP contribution is -2.43. The molecule has 1 aliphatic heterocycles. The quantitative estimate of drug-likeness (QED) is 0.426. The Balaban J connectivity index is 1.79. The second kappa shape index (κ2) is 11.2. The van der Waals surface area contributed by atoms with Gasteiger partial charge in [-0.25, -0.2) is 0 Å². The molecule has 200 valence electrons. The molecule has 7 nitrogen and oxygen atoms in total. The van der Waals surface area contributed by atoms with Crippen molar-refractivity contribution in [2.45, 2.75) is 46.1 Å². The number of ether oxygens (including phenoxy) is 3. The van der Waals surface area contributed by atoms with Crippen LogP contribution in [0.3, 0.4) is 0 Å². The van der Waals surface area contributed by atoms with Crippen LogP contribution in [0.25, 0.3) is 0 Å². The number of hydrogen-bond donors (Lipinski definition) is 1. The lowest BCUT2D eigenvalue weighted by atomic mass is 9.68. The van der Waals surface area contributed by atoms with E-state index in [0.29, 0.717) is 65.5 Å². The normalized spacial score (nSPS) is 18.8. The second-order valence-electron chi connectivity index (χ2n) is 10.6. The number of methoxy groups -OCH3 is 2. The molecule has 1 atom stereocenters. The number of benzene rings is 2. The number of carbonyl (C=O) groups excluding carboxylic acids is 1. The highest BCUT2D eigenvalue weighted by atomic mass is 79.9. The van der Waals surface area contributed by atoms with Crippen molar-refractivity contribution in [3.63, 3.8) is 0 Å². The average Bonchev–Trinajstić information content (AvgIpc) is 2.87. The van der Waals surface area contributed by atoms with Gasteiger partial charge in [-0.05, 0) is 57.9 Å². The standard InChI is InChI=1S/C30H34BrN3O4/c1-18-6-8-19(9-7-18)17-38-28-22(31)12-20(13-25(28)37-5)26-21(16-32)29(33)34(10-11-36-4)23-14-30(2,3)15-24(35)27(23)26/h6-9,12-13,26H,10-11,14-15,17,33H2,1-5H3/t26-/m0/s1. The zero-order valence-electron chi connectivity index (χ0n) is 22.6. The van der Waals surface area contributed by atoms with Gasteiger partial charge in [0.15, 0.2) is 17.3 Å². The van der Waals surface area contributed by atoms with Crippen LogP contribution >= 0.6 is 15.9 Å². The smallest absolute Gasteiger partial charge is 0.175 e. The van der Waals surface area contributed by atoms with Crippen molar-refractivity contribution in [2.75, 3.05) is 27.4 Å². The number of hydrogen-bond acceptors (Lipinski definition) is 7. The van der Waals surface area contributed by atoms with Crippen molar-refractivity contribution >= 4 is 21.7 Å². The first-order valence-electron chi connectivity index (χ1n) is 12.6. The fourth-order valence-electron chi connectivity index (χ4n) is 5.23. The van der Waals surface area contributed by atoms with Crippen molar-refractivity contribution in [2.24, 2.45) is 11.1 Å². The molecule has 2 aromatic rings. The summed E-state index contributed by atoms with van der Waals surface area (Å²) >= 11 is 3.65. The second-order valence-corrected chi connectivity index (χ2v) is 11.5. The molecule has 8 heteroatoms. The van der Waals surface area contributed by atoms with E-state index in [-0.39, 0.29) is 11.2 Å². The van der Waals surface area contributed by atoms with E-state index >= 15 is 0 Å². The fraction of sp³-hybridized carbons (Fsp3) is 0.400. The third kappa shape index (κ3) is 5.45. The number of halogens is 1. The molecule has 38 heavy (non-hydrogen) atoms. The van der Waals surface area contributed by atoms with E-state index in [1.54, 1.807) is 14.2 Å². The summed E-state index contributed by atoms with van der Waals surface area (Å²) in [5.74, 6) is 0.834. The number of nitrogens with two attached hydrogens (primary N) is 1. The number of allylic oxidation sites excluding steroid dienone is 3. The summed E-state index contributed by atoms with van der Waals surface area (Å²) in [7, 11) is 3.20. The highest BCUT2D eigenvalue weighted by Crippen LogP contribution is 2.50. The third-order valence-electron chi connectivity index (χ3n) is 7.09. The molecule has 1 heterocycles. The summed E-state index contributed by atoms with van der Waals surface area (Å²) in [5.41, 5.74) is 11.2. The first-order chi connectivity index (χ1) is 18.1. The number of nitriles is 1. The molecule has 0 unspecified atom stereocenters. The molecule has 0 saturated heterocycles. The summed E-state index contributed by atoms with van der Waals surface area (Å²) in [6, 6.07) is 14.2. The van der Waals surface area contributed by atoms with Crippen LogP contribution < -0.4 is 15.2 Å². The van der Waals surface area contributed by atoms with Gasteiger partial charge < -0.3 is 24.8 Å². The van der Waals surface area contributed by atoms with E-state index in [9.17, 15) is 10.1 Å². The van der Waals surface area contributed by atoms with Gasteiger partial charge in [0.2, 0.25) is 0 Å². The lowest BCUT2D eigenvalue weighted by Gasteiger charge is -2.43. The monoisotopic (exact) mass is 579 g/mol. The lowest BCUT2D eigenvalue weighted by molar-refractivity contribution is -0.118. The summed E-state index contributed by atoms with van der Waals surface area (Å²) in [5, 5.41) is 10.2. The third-order valence-corrected chi connectivity index (χ3v) is 7.68. The maximum absolute atomic E-state index is 13.6. The summed E-state index contributed by atoms with van der Waals surface area (Å²) in [6.45, 7) is 7.45. The molecule has 2 aliphatic rings. The van der Waals surface area contributed by atoms with Crippen LogP contribution in [0.4, 0.5) is 0 Å². The number of ketones is 1. The minimum Gasteiger partial charge on any atom is -0.493 e. The molecule has 0 aromatic heterocycles. The molecule has 0 radical (unpaired) electrons. The highest BCUT2D eigenvalue weighted by Gasteiger charge is 2.44. The van der Waals surface area contributed by atoms with Gasteiger partial charge in [-0.1, -0.05) is 43.7 Å². The van der Waals surface area contributed by atoms with Crippen molar-refractivity contribution in [1.29, 1.82) is 5.26 Å². The maximum atomic E-state index is 13.6. The minimum absolute atomic E-state index is 0.0266. The number of rotatable bonds is 8. The van der Waals surface area contributed by atoms with Crippen molar-refractivity contribution < 1.29 is 19.0 Å². The SMILES string of the molecule is COCCN1C(N)=C(C#N)[C@H](c2cc(Br)c(OCc3ccc(C)cc3)c(OC)c2)C2=C1CC(C)(C)CC2=O. The molecule has 2 aromatic carbocycles. The van der Waals surface area contributed by atoms with Crippen molar-refractivity contribution in [1.82, 2.24) is 4.90 Å². The Kier molecular flexibility index (Phi) is 8.19. The zero-order chi connectivity index (χ0) is 27.6. The van der Waals surface area contributed by atoms with Gasteiger partial charge in [0.05, 0.1) is 35.7 Å². The van der Waals surface area contributed by atoms with Crippen molar-refractivity contribution in [3.8, 4) is 17.6 Å². The van der Waals surface area contributed by atoms with E-state index in [1.807, 2.05) is 48.2 Å². The van der Waals surface area contributed by atoms with Crippen LogP contribution in [0.2, 0.25) is 0 Å². The van der Waals surface area contributed by atoms with Crippen LogP contribution in [0.15, 0.2) is 63.5 Å². The van der Waals surface area contributed by atoms with Crippen LogP contribution in [0.5, 0.6) is 11.5 Å². The highest BCUT2D eigenvalue weighted by molar-refractivity contribution is 9.10. The molecule has 0 spiro atoms. The first-order valence-corrected chi connectivity index (χ1v) is 13.4. The van der Waals surface area contributed by atoms with E-state index < -0.39 is 5.92 Å². The maximum Gasteiger partial charge on any atom is 0.175 e.